The number of halogens is 1. The molecule has 0 fully saturated rings. The average molecular weight is 284 g/mol. The highest BCUT2D eigenvalue weighted by Crippen LogP contribution is 2.22. The van der Waals surface area contributed by atoms with Crippen LogP contribution >= 0.6 is 11.6 Å². The summed E-state index contributed by atoms with van der Waals surface area (Å²) in [7, 11) is 0. The molecular weight excluding hydrogens is 258 g/mol. The van der Waals surface area contributed by atoms with Crippen LogP contribution < -0.4 is 10.1 Å². The standard InChI is InChI=1S/C16H26ClNO/c1-5-18-14(10-11-16(2,3)4)12-19-15-8-6-13(17)7-9-15/h6-9,14,18H,5,10-12H2,1-4H3. The zero-order valence-corrected chi connectivity index (χ0v) is 13.3. The highest BCUT2D eigenvalue weighted by Gasteiger charge is 2.15. The largest absolute Gasteiger partial charge is 0.492 e. The molecule has 0 aliphatic carbocycles. The molecule has 0 radical (unpaired) electrons. The van der Waals surface area contributed by atoms with Crippen LogP contribution in [0.25, 0.3) is 0 Å². The molecular formula is C16H26ClNO. The van der Waals surface area contributed by atoms with Gasteiger partial charge in [-0.3, -0.25) is 0 Å². The third-order valence-corrected chi connectivity index (χ3v) is 3.25. The van der Waals surface area contributed by atoms with E-state index in [0.717, 1.165) is 23.7 Å². The quantitative estimate of drug-likeness (QED) is 0.794. The van der Waals surface area contributed by atoms with Crippen molar-refractivity contribution in [2.24, 2.45) is 5.41 Å². The van der Waals surface area contributed by atoms with Crippen LogP contribution in [0.3, 0.4) is 0 Å². The van der Waals surface area contributed by atoms with Crippen molar-refractivity contribution in [1.82, 2.24) is 5.32 Å². The van der Waals surface area contributed by atoms with Gasteiger partial charge in [0, 0.05) is 11.1 Å². The lowest BCUT2D eigenvalue weighted by Gasteiger charge is -2.24. The van der Waals surface area contributed by atoms with Gasteiger partial charge < -0.3 is 10.1 Å². The molecule has 0 bridgehead atoms. The van der Waals surface area contributed by atoms with Gasteiger partial charge in [0.2, 0.25) is 0 Å². The van der Waals surface area contributed by atoms with Crippen LogP contribution in [0.4, 0.5) is 0 Å². The molecule has 1 aromatic carbocycles. The predicted molar refractivity (Wildman–Crippen MR) is 83.1 cm³/mol. The first-order valence-electron chi connectivity index (χ1n) is 7.02. The minimum Gasteiger partial charge on any atom is -0.492 e. The fraction of sp³-hybridized carbons (Fsp3) is 0.625. The van der Waals surface area contributed by atoms with E-state index in [4.69, 9.17) is 16.3 Å². The summed E-state index contributed by atoms with van der Waals surface area (Å²) in [6.07, 6.45) is 2.32. The van der Waals surface area contributed by atoms with Crippen molar-refractivity contribution < 1.29 is 4.74 Å². The van der Waals surface area contributed by atoms with Crippen molar-refractivity contribution in [2.45, 2.75) is 46.6 Å². The fourth-order valence-electron chi connectivity index (χ4n) is 1.87. The second-order valence-corrected chi connectivity index (χ2v) is 6.56. The number of rotatable bonds is 7. The zero-order valence-electron chi connectivity index (χ0n) is 12.5. The van der Waals surface area contributed by atoms with E-state index in [9.17, 15) is 0 Å². The molecule has 0 aliphatic rings. The van der Waals surface area contributed by atoms with E-state index in [1.54, 1.807) is 0 Å². The molecule has 0 saturated carbocycles. The van der Waals surface area contributed by atoms with Crippen LogP contribution in [0.5, 0.6) is 5.75 Å². The third kappa shape index (κ3) is 7.44. The lowest BCUT2D eigenvalue weighted by atomic mass is 9.89. The smallest absolute Gasteiger partial charge is 0.119 e. The maximum atomic E-state index is 5.86. The Hall–Kier alpha value is -0.730. The van der Waals surface area contributed by atoms with Crippen LogP contribution in [0.1, 0.15) is 40.5 Å². The topological polar surface area (TPSA) is 21.3 Å². The summed E-state index contributed by atoms with van der Waals surface area (Å²) in [5.74, 6) is 0.878. The predicted octanol–water partition coefficient (Wildman–Crippen LogP) is 4.52. The molecule has 3 heteroatoms. The number of hydrogen-bond donors (Lipinski definition) is 1. The number of ether oxygens (including phenoxy) is 1. The van der Waals surface area contributed by atoms with E-state index < -0.39 is 0 Å². The van der Waals surface area contributed by atoms with Crippen molar-refractivity contribution in [2.75, 3.05) is 13.2 Å². The summed E-state index contributed by atoms with van der Waals surface area (Å²) in [5.41, 5.74) is 0.369. The van der Waals surface area contributed by atoms with Crippen LogP contribution in [-0.4, -0.2) is 19.2 Å². The summed E-state index contributed by atoms with van der Waals surface area (Å²) >= 11 is 5.86. The molecule has 0 heterocycles. The molecule has 0 spiro atoms. The molecule has 1 rings (SSSR count). The van der Waals surface area contributed by atoms with Gasteiger partial charge in [-0.05, 0) is 49.1 Å². The summed E-state index contributed by atoms with van der Waals surface area (Å²) in [6.45, 7) is 10.6. The van der Waals surface area contributed by atoms with Gasteiger partial charge in [0.25, 0.3) is 0 Å². The van der Waals surface area contributed by atoms with Gasteiger partial charge in [0.15, 0.2) is 0 Å². The highest BCUT2D eigenvalue weighted by atomic mass is 35.5. The van der Waals surface area contributed by atoms with Gasteiger partial charge in [0.05, 0.1) is 0 Å². The normalized spacial score (nSPS) is 13.3. The van der Waals surface area contributed by atoms with E-state index >= 15 is 0 Å². The monoisotopic (exact) mass is 283 g/mol. The Morgan fingerprint density at radius 3 is 2.37 bits per heavy atom. The Balaban J connectivity index is 2.42. The van der Waals surface area contributed by atoms with E-state index in [1.807, 2.05) is 24.3 Å². The maximum Gasteiger partial charge on any atom is 0.119 e. The molecule has 108 valence electrons. The Bertz CT molecular complexity index is 356. The molecule has 0 aliphatic heterocycles. The molecule has 1 unspecified atom stereocenters. The van der Waals surface area contributed by atoms with Gasteiger partial charge in [-0.25, -0.2) is 0 Å². The molecule has 19 heavy (non-hydrogen) atoms. The van der Waals surface area contributed by atoms with Crippen molar-refractivity contribution in [3.8, 4) is 5.75 Å². The Kier molecular flexibility index (Phi) is 6.67. The summed E-state index contributed by atoms with van der Waals surface area (Å²) in [4.78, 5) is 0. The van der Waals surface area contributed by atoms with E-state index in [1.165, 1.54) is 6.42 Å². The maximum absolute atomic E-state index is 5.86. The highest BCUT2D eigenvalue weighted by molar-refractivity contribution is 6.30. The number of nitrogens with one attached hydrogen (secondary N) is 1. The Labute approximate surface area is 122 Å². The van der Waals surface area contributed by atoms with Gasteiger partial charge in [-0.15, -0.1) is 0 Å². The second-order valence-electron chi connectivity index (χ2n) is 6.12. The van der Waals surface area contributed by atoms with Crippen molar-refractivity contribution in [3.05, 3.63) is 29.3 Å². The lowest BCUT2D eigenvalue weighted by molar-refractivity contribution is 0.237. The van der Waals surface area contributed by atoms with Crippen molar-refractivity contribution in [1.29, 1.82) is 0 Å². The number of likely N-dealkylation sites (N-methyl/N-ethyl adjacent to an activating group) is 1. The Morgan fingerprint density at radius 1 is 1.21 bits per heavy atom. The minimum absolute atomic E-state index is 0.369. The van der Waals surface area contributed by atoms with Gasteiger partial charge in [-0.1, -0.05) is 39.3 Å². The minimum atomic E-state index is 0.369. The second kappa shape index (κ2) is 7.76. The third-order valence-electron chi connectivity index (χ3n) is 3.00. The molecule has 2 nitrogen and oxygen atoms in total. The van der Waals surface area contributed by atoms with E-state index in [0.29, 0.717) is 18.1 Å². The SMILES string of the molecule is CCNC(CCC(C)(C)C)COc1ccc(Cl)cc1. The van der Waals surface area contributed by atoms with Gasteiger partial charge >= 0.3 is 0 Å². The Morgan fingerprint density at radius 2 is 1.84 bits per heavy atom. The first-order valence-corrected chi connectivity index (χ1v) is 7.40. The van der Waals surface area contributed by atoms with Crippen molar-refractivity contribution >= 4 is 11.6 Å². The number of hydrogen-bond acceptors (Lipinski definition) is 2. The van der Waals surface area contributed by atoms with Gasteiger partial charge in [0.1, 0.15) is 12.4 Å². The lowest BCUT2D eigenvalue weighted by Crippen LogP contribution is -2.35. The van der Waals surface area contributed by atoms with Crippen LogP contribution in [0.15, 0.2) is 24.3 Å². The average Bonchev–Trinajstić information content (AvgIpc) is 2.34. The van der Waals surface area contributed by atoms with Crippen molar-refractivity contribution in [3.63, 3.8) is 0 Å². The molecule has 1 atom stereocenters. The first-order chi connectivity index (χ1) is 8.90. The molecule has 0 amide bonds. The summed E-state index contributed by atoms with van der Waals surface area (Å²) in [5, 5.41) is 4.22. The fourth-order valence-corrected chi connectivity index (χ4v) is 1.99. The van der Waals surface area contributed by atoms with E-state index in [2.05, 4.69) is 33.0 Å². The molecule has 1 aromatic rings. The summed E-state index contributed by atoms with van der Waals surface area (Å²) in [6, 6.07) is 7.94. The molecule has 1 N–H and O–H groups in total. The molecule has 0 saturated heterocycles. The van der Waals surface area contributed by atoms with Crippen LogP contribution in [-0.2, 0) is 0 Å². The van der Waals surface area contributed by atoms with E-state index in [-0.39, 0.29) is 0 Å². The first kappa shape index (κ1) is 16.3. The van der Waals surface area contributed by atoms with Gasteiger partial charge in [-0.2, -0.15) is 0 Å². The summed E-state index contributed by atoms with van der Waals surface area (Å²) < 4.78 is 5.82. The molecule has 0 aromatic heterocycles. The van der Waals surface area contributed by atoms with Crippen LogP contribution in [0.2, 0.25) is 5.02 Å². The zero-order chi connectivity index (χ0) is 14.3. The van der Waals surface area contributed by atoms with Crippen LogP contribution in [0, 0.1) is 5.41 Å². The number of benzene rings is 1.